The molecule has 3 aliphatic rings. The lowest BCUT2D eigenvalue weighted by molar-refractivity contribution is 0.0790. The van der Waals surface area contributed by atoms with Gasteiger partial charge in [0.2, 0.25) is 5.78 Å². The molecule has 0 radical (unpaired) electrons. The average Bonchev–Trinajstić information content (AvgIpc) is 3.64. The number of allylic oxidation sites excluding steroid dienone is 2. The van der Waals surface area contributed by atoms with Gasteiger partial charge in [-0.15, -0.1) is 11.3 Å². The lowest BCUT2D eigenvalue weighted by Crippen LogP contribution is -2.36. The van der Waals surface area contributed by atoms with Crippen molar-refractivity contribution in [2.24, 2.45) is 5.10 Å². The maximum Gasteiger partial charge on any atom is 0.292 e. The Labute approximate surface area is 274 Å². The number of rotatable bonds is 4. The number of hydrazone groups is 1. The number of fused-ring (bicyclic) bond motifs is 5. The molecule has 0 fully saturated rings. The average molecular weight is 719 g/mol. The molecule has 47 heavy (non-hydrogen) atoms. The first-order chi connectivity index (χ1) is 22.3. The number of Topliss-reactive ketones (excluding diaryl/α,β-unsaturated/α-hetero) is 3. The van der Waals surface area contributed by atoms with Crippen LogP contribution < -0.4 is 11.0 Å². The van der Waals surface area contributed by atoms with Gasteiger partial charge in [0.25, 0.3) is 11.5 Å². The minimum Gasteiger partial charge on any atom is -0.507 e. The van der Waals surface area contributed by atoms with Crippen LogP contribution in [0, 0.1) is 6.92 Å². The highest BCUT2D eigenvalue weighted by Gasteiger charge is 2.61. The summed E-state index contributed by atoms with van der Waals surface area (Å²) in [6.07, 6.45) is 1.86. The number of hydrogen-bond acceptors (Lipinski definition) is 13. The Kier molecular flexibility index (Phi) is 6.59. The van der Waals surface area contributed by atoms with Crippen LogP contribution in [0.15, 0.2) is 37.7 Å². The first-order valence-corrected chi connectivity index (χ1v) is 15.4. The van der Waals surface area contributed by atoms with Crippen molar-refractivity contribution >= 4 is 73.3 Å². The van der Waals surface area contributed by atoms with Gasteiger partial charge in [-0.2, -0.15) is 5.10 Å². The number of nitrogens with one attached hydrogen (secondary N) is 2. The van der Waals surface area contributed by atoms with Crippen molar-refractivity contribution in [2.75, 3.05) is 7.11 Å². The summed E-state index contributed by atoms with van der Waals surface area (Å²) in [6, 6.07) is 2.99. The zero-order chi connectivity index (χ0) is 33.7. The summed E-state index contributed by atoms with van der Waals surface area (Å²) in [5.41, 5.74) is -2.83. The van der Waals surface area contributed by atoms with E-state index in [4.69, 9.17) is 4.74 Å². The molecule has 0 saturated carbocycles. The SMILES string of the molecule is COC1=CC(=O)c2c(O)c3c(c(O)c2C1=O)C(=O)[C@]1(CCc2cc4cc(/C=N/NC(=O)c5nc(C)sc5Br)[nH]c(=O)c4c(O)c21)C3=O. The third-order valence-electron chi connectivity index (χ3n) is 8.54. The molecule has 2 aromatic heterocycles. The van der Waals surface area contributed by atoms with Gasteiger partial charge < -0.3 is 25.0 Å². The van der Waals surface area contributed by atoms with Crippen LogP contribution in [0.3, 0.4) is 0 Å². The van der Waals surface area contributed by atoms with E-state index in [0.29, 0.717) is 14.4 Å². The standard InChI is InChI=1S/C31H19BrN4O10S/c1-9-34-21(28(32)47-9)30(45)36-33-8-12-6-11-5-10-3-4-31(20(10)25(41)15(11)29(44)35-12)26(42)18-19(27(31)43)24(40)17-16(23(18)39)13(37)7-14(46-2)22(17)38/h5-8,39-41H,3-4H2,1-2H3,(H,35,44)(H,36,45)/b33-8+/t31-/m0/s1. The van der Waals surface area contributed by atoms with E-state index in [2.05, 4.69) is 36.4 Å². The van der Waals surface area contributed by atoms with Crippen LogP contribution in [0.1, 0.15) is 80.2 Å². The third kappa shape index (κ3) is 4.01. The first kappa shape index (κ1) is 30.2. The first-order valence-electron chi connectivity index (χ1n) is 13.8. The number of pyridine rings is 1. The van der Waals surface area contributed by atoms with E-state index in [1.807, 2.05) is 0 Å². The van der Waals surface area contributed by atoms with Gasteiger partial charge in [-0.3, -0.25) is 28.8 Å². The number of methoxy groups -OCH3 is 1. The second kappa shape index (κ2) is 10.3. The molecule has 1 amide bonds. The summed E-state index contributed by atoms with van der Waals surface area (Å²) in [4.78, 5) is 86.4. The van der Waals surface area contributed by atoms with Gasteiger partial charge in [0.15, 0.2) is 28.8 Å². The van der Waals surface area contributed by atoms with E-state index >= 15 is 0 Å². The van der Waals surface area contributed by atoms with E-state index in [1.54, 1.807) is 6.92 Å². The highest BCUT2D eigenvalue weighted by molar-refractivity contribution is 9.11. The fourth-order valence-corrected chi connectivity index (χ4v) is 8.19. The summed E-state index contributed by atoms with van der Waals surface area (Å²) in [7, 11) is 1.12. The van der Waals surface area contributed by atoms with Gasteiger partial charge in [-0.25, -0.2) is 10.4 Å². The number of aromatic nitrogens is 2. The minimum absolute atomic E-state index is 0.0764. The van der Waals surface area contributed by atoms with Gasteiger partial charge in [-0.1, -0.05) is 6.07 Å². The summed E-state index contributed by atoms with van der Waals surface area (Å²) < 4.78 is 5.44. The largest absolute Gasteiger partial charge is 0.507 e. The highest BCUT2D eigenvalue weighted by Crippen LogP contribution is 2.57. The second-order valence-electron chi connectivity index (χ2n) is 11.0. The van der Waals surface area contributed by atoms with E-state index in [-0.39, 0.29) is 40.6 Å². The highest BCUT2D eigenvalue weighted by atomic mass is 79.9. The molecule has 236 valence electrons. The number of benzene rings is 2. The predicted octanol–water partition coefficient (Wildman–Crippen LogP) is 3.11. The Morgan fingerprint density at radius 2 is 1.74 bits per heavy atom. The maximum absolute atomic E-state index is 14.1. The molecule has 4 aromatic rings. The summed E-state index contributed by atoms with van der Waals surface area (Å²) in [5.74, 6) is -7.51. The number of aryl methyl sites for hydroxylation is 2. The molecule has 1 atom stereocenters. The van der Waals surface area contributed by atoms with Crippen molar-refractivity contribution < 1.29 is 44.0 Å². The molecule has 3 aliphatic carbocycles. The van der Waals surface area contributed by atoms with Crippen LogP contribution in [-0.4, -0.2) is 67.7 Å². The number of halogens is 1. The van der Waals surface area contributed by atoms with Crippen LogP contribution in [0.4, 0.5) is 0 Å². The van der Waals surface area contributed by atoms with Crippen LogP contribution in [0.2, 0.25) is 0 Å². The Balaban J connectivity index is 1.31. The molecule has 7 rings (SSSR count). The summed E-state index contributed by atoms with van der Waals surface area (Å²) >= 11 is 4.54. The number of H-pyrrole nitrogens is 1. The van der Waals surface area contributed by atoms with Gasteiger partial charge in [0, 0.05) is 11.6 Å². The number of carbonyl (C=O) groups excluding carboxylic acids is 5. The molecule has 5 N–H and O–H groups in total. The molecular formula is C31H19BrN4O10S. The molecule has 0 aliphatic heterocycles. The van der Waals surface area contributed by atoms with E-state index in [1.165, 1.54) is 29.7 Å². The Morgan fingerprint density at radius 1 is 1.06 bits per heavy atom. The number of nitrogens with zero attached hydrogens (tertiary/aromatic N) is 2. The molecule has 2 aromatic carbocycles. The molecule has 14 nitrogen and oxygen atoms in total. The fourth-order valence-electron chi connectivity index (χ4n) is 6.58. The van der Waals surface area contributed by atoms with Gasteiger partial charge in [-0.05, 0) is 52.7 Å². The lowest BCUT2D eigenvalue weighted by Gasteiger charge is -2.22. The molecule has 0 saturated heterocycles. The van der Waals surface area contributed by atoms with Crippen LogP contribution in [0.25, 0.3) is 10.8 Å². The van der Waals surface area contributed by atoms with Gasteiger partial charge in [0.05, 0.1) is 51.7 Å². The Morgan fingerprint density at radius 3 is 2.38 bits per heavy atom. The molecular weight excluding hydrogens is 700 g/mol. The fraction of sp³-hybridized carbons (Fsp3) is 0.161. The number of ether oxygens (including phenoxy) is 1. The minimum atomic E-state index is -2.16. The van der Waals surface area contributed by atoms with Crippen LogP contribution in [0.5, 0.6) is 17.2 Å². The normalized spacial score (nSPS) is 18.2. The lowest BCUT2D eigenvalue weighted by atomic mass is 9.76. The molecule has 0 bridgehead atoms. The van der Waals surface area contributed by atoms with Crippen LogP contribution >= 0.6 is 27.3 Å². The van der Waals surface area contributed by atoms with Crippen molar-refractivity contribution in [1.29, 1.82) is 0 Å². The Hall–Kier alpha value is -5.48. The van der Waals surface area contributed by atoms with Crippen molar-refractivity contribution in [2.45, 2.75) is 25.2 Å². The van der Waals surface area contributed by atoms with Crippen molar-refractivity contribution in [3.63, 3.8) is 0 Å². The molecule has 16 heteroatoms. The summed E-state index contributed by atoms with van der Waals surface area (Å²) in [5, 5.41) is 38.3. The monoisotopic (exact) mass is 718 g/mol. The van der Waals surface area contributed by atoms with Gasteiger partial charge >= 0.3 is 0 Å². The second-order valence-corrected chi connectivity index (χ2v) is 13.5. The Bertz CT molecular complexity index is 2350. The number of carbonyl (C=O) groups is 5. The number of aromatic hydroxyl groups is 3. The number of phenols is 3. The third-order valence-corrected chi connectivity index (χ3v) is 10.2. The number of hydrogen-bond donors (Lipinski definition) is 5. The van der Waals surface area contributed by atoms with E-state index in [0.717, 1.165) is 13.2 Å². The smallest absolute Gasteiger partial charge is 0.292 e. The number of thiazole rings is 1. The molecule has 0 unspecified atom stereocenters. The number of amides is 1. The van der Waals surface area contributed by atoms with E-state index in [9.17, 15) is 44.1 Å². The predicted molar refractivity (Wildman–Crippen MR) is 168 cm³/mol. The number of ketones is 4. The maximum atomic E-state index is 14.1. The number of phenolic OH excluding ortho intramolecular Hbond substituents is 3. The zero-order valence-electron chi connectivity index (χ0n) is 24.1. The van der Waals surface area contributed by atoms with Gasteiger partial charge in [0.1, 0.15) is 26.4 Å². The zero-order valence-corrected chi connectivity index (χ0v) is 26.5. The topological polar surface area (TPSA) is 225 Å². The van der Waals surface area contributed by atoms with Crippen molar-refractivity contribution in [3.8, 4) is 17.2 Å². The molecule has 2 heterocycles. The summed E-state index contributed by atoms with van der Waals surface area (Å²) in [6.45, 7) is 1.74. The molecule has 1 spiro atoms. The quantitative estimate of drug-likeness (QED) is 0.0892. The van der Waals surface area contributed by atoms with Crippen LogP contribution in [-0.2, 0) is 16.6 Å². The van der Waals surface area contributed by atoms with E-state index < -0.39 is 85.3 Å². The number of aromatic amines is 1. The van der Waals surface area contributed by atoms with Crippen molar-refractivity contribution in [3.05, 3.63) is 87.9 Å². The van der Waals surface area contributed by atoms with Crippen molar-refractivity contribution in [1.82, 2.24) is 15.4 Å².